The first-order valence-electron chi connectivity index (χ1n) is 7.23. The summed E-state index contributed by atoms with van der Waals surface area (Å²) in [5.74, 6) is 0. The van der Waals surface area contributed by atoms with Gasteiger partial charge in [-0.25, -0.2) is 0 Å². The van der Waals surface area contributed by atoms with Crippen LogP contribution in [0.3, 0.4) is 0 Å². The molecular weight excluding hydrogens is 256 g/mol. The Bertz CT molecular complexity index is 627. The maximum Gasteiger partial charge on any atom is 0.108 e. The van der Waals surface area contributed by atoms with E-state index in [1.54, 1.807) is 0 Å². The van der Waals surface area contributed by atoms with Crippen LogP contribution in [0.4, 0.5) is 0 Å². The number of hydrogen-bond donors (Lipinski definition) is 1. The van der Waals surface area contributed by atoms with Crippen molar-refractivity contribution in [2.75, 3.05) is 0 Å². The SMILES string of the molecule is CC(C)(C)C(=C=Cc1ccccc1)[C@@H](O)c1ccccc1. The van der Waals surface area contributed by atoms with Crippen LogP contribution in [-0.4, -0.2) is 5.11 Å². The molecule has 0 saturated heterocycles. The van der Waals surface area contributed by atoms with Crippen molar-refractivity contribution in [2.24, 2.45) is 5.41 Å². The third-order valence-electron chi connectivity index (χ3n) is 3.39. The molecule has 0 aliphatic heterocycles. The molecule has 2 rings (SSSR count). The quantitative estimate of drug-likeness (QED) is 0.783. The number of rotatable bonds is 3. The molecule has 0 aliphatic carbocycles. The fourth-order valence-electron chi connectivity index (χ4n) is 2.22. The summed E-state index contributed by atoms with van der Waals surface area (Å²) in [6, 6.07) is 19.8. The lowest BCUT2D eigenvalue weighted by atomic mass is 9.81. The van der Waals surface area contributed by atoms with Gasteiger partial charge in [-0.3, -0.25) is 0 Å². The average molecular weight is 278 g/mol. The summed E-state index contributed by atoms with van der Waals surface area (Å²) < 4.78 is 0. The Balaban J connectivity index is 2.43. The van der Waals surface area contributed by atoms with E-state index in [1.165, 1.54) is 0 Å². The molecule has 0 fully saturated rings. The molecule has 0 bridgehead atoms. The molecule has 0 aliphatic rings. The minimum Gasteiger partial charge on any atom is -0.383 e. The zero-order chi connectivity index (χ0) is 15.3. The van der Waals surface area contributed by atoms with Gasteiger partial charge in [0, 0.05) is 5.57 Å². The minimum atomic E-state index is -0.633. The van der Waals surface area contributed by atoms with Crippen molar-refractivity contribution in [1.82, 2.24) is 0 Å². The van der Waals surface area contributed by atoms with Crippen molar-refractivity contribution in [1.29, 1.82) is 0 Å². The summed E-state index contributed by atoms with van der Waals surface area (Å²) >= 11 is 0. The van der Waals surface area contributed by atoms with E-state index in [-0.39, 0.29) is 5.41 Å². The van der Waals surface area contributed by atoms with Crippen molar-refractivity contribution in [2.45, 2.75) is 26.9 Å². The smallest absolute Gasteiger partial charge is 0.108 e. The summed E-state index contributed by atoms with van der Waals surface area (Å²) in [7, 11) is 0. The molecule has 0 heterocycles. The van der Waals surface area contributed by atoms with Crippen LogP contribution in [0.1, 0.15) is 38.0 Å². The van der Waals surface area contributed by atoms with Crippen molar-refractivity contribution in [3.05, 3.63) is 83.1 Å². The molecule has 1 nitrogen and oxygen atoms in total. The lowest BCUT2D eigenvalue weighted by Crippen LogP contribution is -2.16. The van der Waals surface area contributed by atoms with Gasteiger partial charge < -0.3 is 5.11 Å². The first-order valence-corrected chi connectivity index (χ1v) is 7.23. The van der Waals surface area contributed by atoms with E-state index in [9.17, 15) is 5.11 Å². The van der Waals surface area contributed by atoms with Crippen LogP contribution in [-0.2, 0) is 0 Å². The van der Waals surface area contributed by atoms with Crippen LogP contribution in [0.25, 0.3) is 6.08 Å². The molecule has 0 saturated carbocycles. The van der Waals surface area contributed by atoms with E-state index in [2.05, 4.69) is 26.5 Å². The van der Waals surface area contributed by atoms with Crippen molar-refractivity contribution in [3.63, 3.8) is 0 Å². The van der Waals surface area contributed by atoms with E-state index >= 15 is 0 Å². The molecule has 0 aromatic heterocycles. The maximum atomic E-state index is 10.7. The van der Waals surface area contributed by atoms with E-state index in [4.69, 9.17) is 0 Å². The fraction of sp³-hybridized carbons (Fsp3) is 0.250. The Morgan fingerprint density at radius 1 is 0.952 bits per heavy atom. The average Bonchev–Trinajstić information content (AvgIpc) is 2.48. The molecule has 0 radical (unpaired) electrons. The summed E-state index contributed by atoms with van der Waals surface area (Å²) in [6.07, 6.45) is 1.30. The van der Waals surface area contributed by atoms with Gasteiger partial charge in [-0.05, 0) is 22.6 Å². The van der Waals surface area contributed by atoms with Crippen LogP contribution in [0.5, 0.6) is 0 Å². The minimum absolute atomic E-state index is 0.152. The van der Waals surface area contributed by atoms with Gasteiger partial charge in [-0.15, -0.1) is 5.73 Å². The first kappa shape index (κ1) is 15.3. The zero-order valence-corrected chi connectivity index (χ0v) is 12.9. The molecule has 0 amide bonds. The van der Waals surface area contributed by atoms with Gasteiger partial charge in [-0.2, -0.15) is 0 Å². The standard InChI is InChI=1S/C20H22O/c1-20(2,3)18(15-14-16-10-6-4-7-11-16)19(21)17-12-8-5-9-13-17/h4-14,19,21H,1-3H3/t15?,19-/m0/s1. The summed E-state index contributed by atoms with van der Waals surface area (Å²) in [5.41, 5.74) is 6.03. The van der Waals surface area contributed by atoms with Gasteiger partial charge in [0.15, 0.2) is 0 Å². The molecule has 21 heavy (non-hydrogen) atoms. The van der Waals surface area contributed by atoms with Gasteiger partial charge in [0.25, 0.3) is 0 Å². The van der Waals surface area contributed by atoms with E-state index in [1.807, 2.05) is 66.7 Å². The van der Waals surface area contributed by atoms with Gasteiger partial charge in [0.1, 0.15) is 6.10 Å². The lowest BCUT2D eigenvalue weighted by Gasteiger charge is -2.25. The second-order valence-corrected chi connectivity index (χ2v) is 6.18. The normalized spacial score (nSPS) is 12.4. The number of aliphatic hydroxyl groups excluding tert-OH is 1. The Hall–Kier alpha value is -2.08. The lowest BCUT2D eigenvalue weighted by molar-refractivity contribution is 0.189. The van der Waals surface area contributed by atoms with Crippen LogP contribution in [0.2, 0.25) is 0 Å². The molecule has 1 atom stereocenters. The number of aliphatic hydroxyl groups is 1. The van der Waals surface area contributed by atoms with E-state index in [0.717, 1.165) is 16.7 Å². The van der Waals surface area contributed by atoms with E-state index < -0.39 is 6.10 Å². The van der Waals surface area contributed by atoms with Crippen LogP contribution in [0.15, 0.2) is 72.0 Å². The highest BCUT2D eigenvalue weighted by atomic mass is 16.3. The predicted octanol–water partition coefficient (Wildman–Crippen LogP) is 5.00. The highest BCUT2D eigenvalue weighted by Gasteiger charge is 2.24. The Morgan fingerprint density at radius 3 is 2.00 bits per heavy atom. The van der Waals surface area contributed by atoms with Crippen LogP contribution < -0.4 is 0 Å². The monoisotopic (exact) mass is 278 g/mol. The highest BCUT2D eigenvalue weighted by molar-refractivity contribution is 5.50. The van der Waals surface area contributed by atoms with Gasteiger partial charge in [0.2, 0.25) is 0 Å². The van der Waals surface area contributed by atoms with Gasteiger partial charge >= 0.3 is 0 Å². The molecule has 0 unspecified atom stereocenters. The van der Waals surface area contributed by atoms with Crippen LogP contribution >= 0.6 is 0 Å². The Labute approximate surface area is 127 Å². The second kappa shape index (κ2) is 6.58. The maximum absolute atomic E-state index is 10.7. The van der Waals surface area contributed by atoms with Crippen molar-refractivity contribution in [3.8, 4) is 0 Å². The summed E-state index contributed by atoms with van der Waals surface area (Å²) in [5, 5.41) is 10.7. The molecule has 108 valence electrons. The molecule has 1 heteroatoms. The van der Waals surface area contributed by atoms with E-state index in [0.29, 0.717) is 0 Å². The summed E-state index contributed by atoms with van der Waals surface area (Å²) in [4.78, 5) is 0. The largest absolute Gasteiger partial charge is 0.383 e. The van der Waals surface area contributed by atoms with Gasteiger partial charge in [0.05, 0.1) is 0 Å². The van der Waals surface area contributed by atoms with Gasteiger partial charge in [-0.1, -0.05) is 81.4 Å². The number of hydrogen-bond acceptors (Lipinski definition) is 1. The molecule has 1 N–H and O–H groups in total. The zero-order valence-electron chi connectivity index (χ0n) is 12.9. The number of benzene rings is 2. The Kier molecular flexibility index (Phi) is 4.80. The van der Waals surface area contributed by atoms with Crippen molar-refractivity contribution >= 4 is 6.08 Å². The summed E-state index contributed by atoms with van der Waals surface area (Å²) in [6.45, 7) is 6.29. The van der Waals surface area contributed by atoms with Crippen LogP contribution in [0, 0.1) is 5.41 Å². The van der Waals surface area contributed by atoms with Crippen molar-refractivity contribution < 1.29 is 5.11 Å². The third-order valence-corrected chi connectivity index (χ3v) is 3.39. The highest BCUT2D eigenvalue weighted by Crippen LogP contribution is 2.35. The second-order valence-electron chi connectivity index (χ2n) is 6.18. The first-order chi connectivity index (χ1) is 9.98. The molecule has 0 spiro atoms. The predicted molar refractivity (Wildman–Crippen MR) is 88.8 cm³/mol. The Morgan fingerprint density at radius 2 is 1.48 bits per heavy atom. The fourth-order valence-corrected chi connectivity index (χ4v) is 2.22. The topological polar surface area (TPSA) is 20.2 Å². The molecule has 2 aromatic rings. The molecule has 2 aromatic carbocycles. The molecular formula is C20H22O. The third kappa shape index (κ3) is 4.19.